The monoisotopic (exact) mass is 621 g/mol. The van der Waals surface area contributed by atoms with Gasteiger partial charge in [-0.3, -0.25) is 9.69 Å². The fourth-order valence-corrected chi connectivity index (χ4v) is 6.57. The third-order valence-corrected chi connectivity index (χ3v) is 9.13. The highest BCUT2D eigenvalue weighted by Gasteiger charge is 2.31. The van der Waals surface area contributed by atoms with Crippen molar-refractivity contribution in [3.05, 3.63) is 58.6 Å². The summed E-state index contributed by atoms with van der Waals surface area (Å²) in [7, 11) is 0. The lowest BCUT2D eigenvalue weighted by atomic mass is 9.92. The van der Waals surface area contributed by atoms with Crippen LogP contribution in [-0.4, -0.2) is 84.9 Å². The van der Waals surface area contributed by atoms with E-state index in [2.05, 4.69) is 33.3 Å². The van der Waals surface area contributed by atoms with Gasteiger partial charge in [0.2, 0.25) is 0 Å². The molecule has 236 valence electrons. The summed E-state index contributed by atoms with van der Waals surface area (Å²) in [6.45, 7) is 11.1. The lowest BCUT2D eigenvalue weighted by Crippen LogP contribution is -2.54. The van der Waals surface area contributed by atoms with E-state index in [9.17, 15) is 9.59 Å². The van der Waals surface area contributed by atoms with Crippen LogP contribution in [0.2, 0.25) is 5.02 Å². The number of nitrogens with zero attached hydrogens (tertiary/aromatic N) is 4. The molecule has 0 unspecified atom stereocenters. The zero-order chi connectivity index (χ0) is 31.3. The number of hydrogen-bond donors (Lipinski definition) is 1. The Kier molecular flexibility index (Phi) is 10.2. The van der Waals surface area contributed by atoms with Gasteiger partial charge < -0.3 is 24.6 Å². The van der Waals surface area contributed by atoms with Gasteiger partial charge in [-0.2, -0.15) is 5.26 Å². The molecule has 1 N–H and O–H groups in total. The SMILES string of the molecule is CC(C)(C)OC(=O)N1CCC(N2CCN(c3ccc(C(=O)N[C@H]4CC[C@H](Oc5ccc(C#N)c(Cl)c5)CC4)cc3)CC2)CC1. The normalized spacial score (nSPS) is 21.8. The highest BCUT2D eigenvalue weighted by Crippen LogP contribution is 2.28. The summed E-state index contributed by atoms with van der Waals surface area (Å²) < 4.78 is 11.6. The molecule has 2 aromatic carbocycles. The number of anilines is 1. The molecule has 2 saturated heterocycles. The third-order valence-electron chi connectivity index (χ3n) is 8.81. The van der Waals surface area contributed by atoms with Crippen molar-refractivity contribution in [1.82, 2.24) is 15.1 Å². The zero-order valence-electron chi connectivity index (χ0n) is 26.1. The predicted molar refractivity (Wildman–Crippen MR) is 171 cm³/mol. The minimum Gasteiger partial charge on any atom is -0.490 e. The summed E-state index contributed by atoms with van der Waals surface area (Å²) in [4.78, 5) is 32.2. The van der Waals surface area contributed by atoms with Gasteiger partial charge in [0.15, 0.2) is 0 Å². The number of likely N-dealkylation sites (tertiary alicyclic amines) is 1. The number of nitrogens with one attached hydrogen (secondary N) is 1. The summed E-state index contributed by atoms with van der Waals surface area (Å²) in [6.07, 6.45) is 5.20. The lowest BCUT2D eigenvalue weighted by Gasteiger charge is -2.43. The van der Waals surface area contributed by atoms with Crippen molar-refractivity contribution >= 4 is 29.3 Å². The van der Waals surface area contributed by atoms with Gasteiger partial charge in [0.05, 0.1) is 16.7 Å². The number of carbonyl (C=O) groups is 2. The largest absolute Gasteiger partial charge is 0.490 e. The Morgan fingerprint density at radius 3 is 2.16 bits per heavy atom. The van der Waals surface area contributed by atoms with E-state index < -0.39 is 5.60 Å². The first kappa shape index (κ1) is 31.9. The van der Waals surface area contributed by atoms with E-state index in [0.29, 0.717) is 27.9 Å². The standard InChI is InChI=1S/C34H44ClN5O4/c1-34(2,3)44-33(42)40-16-14-28(15-17-40)39-20-18-38(19-21-39)27-9-4-24(5-10-27)32(41)37-26-7-12-29(13-8-26)43-30-11-6-25(23-36)31(35)22-30/h4-6,9-11,22,26,28-29H,7-8,12-21H2,1-3H3,(H,37,41)/t26-,29-. The molecule has 0 spiro atoms. The number of piperidine rings is 1. The van der Waals surface area contributed by atoms with E-state index in [1.54, 1.807) is 18.2 Å². The van der Waals surface area contributed by atoms with Gasteiger partial charge in [-0.05, 0) is 95.7 Å². The van der Waals surface area contributed by atoms with Crippen LogP contribution in [0.4, 0.5) is 10.5 Å². The molecular weight excluding hydrogens is 578 g/mol. The lowest BCUT2D eigenvalue weighted by molar-refractivity contribution is 0.0140. The summed E-state index contributed by atoms with van der Waals surface area (Å²) in [6, 6.07) is 15.8. The number of hydrogen-bond acceptors (Lipinski definition) is 7. The van der Waals surface area contributed by atoms with Crippen LogP contribution in [0, 0.1) is 11.3 Å². The molecule has 0 atom stereocenters. The van der Waals surface area contributed by atoms with Gasteiger partial charge in [-0.1, -0.05) is 11.6 Å². The van der Waals surface area contributed by atoms with E-state index in [-0.39, 0.29) is 24.1 Å². The number of ether oxygens (including phenoxy) is 2. The number of rotatable bonds is 6. The molecule has 3 fully saturated rings. The fourth-order valence-electron chi connectivity index (χ4n) is 6.35. The Labute approximate surface area is 266 Å². The number of nitriles is 1. The van der Waals surface area contributed by atoms with Gasteiger partial charge >= 0.3 is 6.09 Å². The van der Waals surface area contributed by atoms with E-state index in [4.69, 9.17) is 26.3 Å². The topological polar surface area (TPSA) is 98.1 Å². The second kappa shape index (κ2) is 14.1. The average molecular weight is 622 g/mol. The highest BCUT2D eigenvalue weighted by atomic mass is 35.5. The van der Waals surface area contributed by atoms with Gasteiger partial charge in [0, 0.05) is 68.7 Å². The van der Waals surface area contributed by atoms with Crippen molar-refractivity contribution < 1.29 is 19.1 Å². The number of benzene rings is 2. The number of amides is 2. The molecule has 1 saturated carbocycles. The zero-order valence-corrected chi connectivity index (χ0v) is 26.8. The Balaban J connectivity index is 1.02. The molecular formula is C34H44ClN5O4. The minimum atomic E-state index is -0.465. The average Bonchev–Trinajstić information content (AvgIpc) is 3.01. The third kappa shape index (κ3) is 8.36. The number of carbonyl (C=O) groups excluding carboxylic acids is 2. The Bertz CT molecular complexity index is 1330. The first-order valence-corrected chi connectivity index (χ1v) is 16.2. The van der Waals surface area contributed by atoms with E-state index in [1.807, 2.05) is 37.8 Å². The van der Waals surface area contributed by atoms with Crippen LogP contribution in [-0.2, 0) is 4.74 Å². The van der Waals surface area contributed by atoms with E-state index >= 15 is 0 Å². The van der Waals surface area contributed by atoms with Crippen LogP contribution in [0.1, 0.15) is 75.2 Å². The van der Waals surface area contributed by atoms with Crippen LogP contribution in [0.15, 0.2) is 42.5 Å². The highest BCUT2D eigenvalue weighted by molar-refractivity contribution is 6.31. The van der Waals surface area contributed by atoms with Crippen LogP contribution in [0.5, 0.6) is 5.75 Å². The fraction of sp³-hybridized carbons (Fsp3) is 0.559. The van der Waals surface area contributed by atoms with Crippen molar-refractivity contribution in [1.29, 1.82) is 5.26 Å². The van der Waals surface area contributed by atoms with Crippen LogP contribution >= 0.6 is 11.6 Å². The summed E-state index contributed by atoms with van der Waals surface area (Å²) >= 11 is 6.13. The number of halogens is 1. The van der Waals surface area contributed by atoms with Crippen molar-refractivity contribution in [2.24, 2.45) is 0 Å². The van der Waals surface area contributed by atoms with Gasteiger partial charge in [0.1, 0.15) is 17.4 Å². The Morgan fingerprint density at radius 2 is 1.57 bits per heavy atom. The van der Waals surface area contributed by atoms with Crippen LogP contribution in [0.3, 0.4) is 0 Å². The molecule has 5 rings (SSSR count). The van der Waals surface area contributed by atoms with Crippen molar-refractivity contribution in [3.8, 4) is 11.8 Å². The minimum absolute atomic E-state index is 0.0395. The molecule has 3 aliphatic rings. The van der Waals surface area contributed by atoms with Crippen LogP contribution in [0.25, 0.3) is 0 Å². The maximum atomic E-state index is 13.0. The predicted octanol–water partition coefficient (Wildman–Crippen LogP) is 5.85. The molecule has 2 aliphatic heterocycles. The molecule has 0 aromatic heterocycles. The van der Waals surface area contributed by atoms with E-state index in [0.717, 1.165) is 83.5 Å². The maximum Gasteiger partial charge on any atom is 0.410 e. The van der Waals surface area contributed by atoms with Gasteiger partial charge in [-0.15, -0.1) is 0 Å². The molecule has 44 heavy (non-hydrogen) atoms. The quantitative estimate of drug-likeness (QED) is 0.432. The molecule has 10 heteroatoms. The smallest absolute Gasteiger partial charge is 0.410 e. The summed E-state index contributed by atoms with van der Waals surface area (Å²) in [5.74, 6) is 0.631. The summed E-state index contributed by atoms with van der Waals surface area (Å²) in [5, 5.41) is 12.7. The second-order valence-corrected chi connectivity index (χ2v) is 13.5. The molecule has 2 amide bonds. The molecule has 0 bridgehead atoms. The van der Waals surface area contributed by atoms with Crippen molar-refractivity contribution in [3.63, 3.8) is 0 Å². The molecule has 1 aliphatic carbocycles. The molecule has 2 heterocycles. The number of piperazine rings is 1. The molecule has 2 aromatic rings. The first-order chi connectivity index (χ1) is 21.1. The molecule has 9 nitrogen and oxygen atoms in total. The Hall–Kier alpha value is -3.48. The van der Waals surface area contributed by atoms with Crippen molar-refractivity contribution in [2.75, 3.05) is 44.2 Å². The van der Waals surface area contributed by atoms with E-state index in [1.165, 1.54) is 0 Å². The van der Waals surface area contributed by atoms with Crippen LogP contribution < -0.4 is 15.0 Å². The second-order valence-electron chi connectivity index (χ2n) is 13.1. The van der Waals surface area contributed by atoms with Gasteiger partial charge in [0.25, 0.3) is 5.91 Å². The summed E-state index contributed by atoms with van der Waals surface area (Å²) in [5.41, 5.74) is 1.79. The van der Waals surface area contributed by atoms with Crippen molar-refractivity contribution in [2.45, 2.75) is 83.1 Å². The Morgan fingerprint density at radius 1 is 0.909 bits per heavy atom. The first-order valence-electron chi connectivity index (χ1n) is 15.8. The molecule has 0 radical (unpaired) electrons. The maximum absolute atomic E-state index is 13.0. The van der Waals surface area contributed by atoms with Gasteiger partial charge in [-0.25, -0.2) is 4.79 Å².